The SMILES string of the molecule is COc1ccc(CCNC(=O)[C@@H](C)N(Cc2ccccc2)C(C)=O)cc1. The number of nitrogens with zero attached hydrogens (tertiary/aromatic N) is 1. The molecule has 5 nitrogen and oxygen atoms in total. The van der Waals surface area contributed by atoms with Crippen LogP contribution in [0.25, 0.3) is 0 Å². The summed E-state index contributed by atoms with van der Waals surface area (Å²) in [6.45, 7) is 4.19. The largest absolute Gasteiger partial charge is 0.497 e. The third-order valence-electron chi connectivity index (χ3n) is 4.32. The van der Waals surface area contributed by atoms with Gasteiger partial charge in [0.2, 0.25) is 11.8 Å². The van der Waals surface area contributed by atoms with Gasteiger partial charge in [0, 0.05) is 20.0 Å². The molecular weight excluding hydrogens is 328 g/mol. The lowest BCUT2D eigenvalue weighted by Crippen LogP contribution is -2.47. The lowest BCUT2D eigenvalue weighted by Gasteiger charge is -2.27. The van der Waals surface area contributed by atoms with Crippen molar-refractivity contribution in [2.75, 3.05) is 13.7 Å². The Balaban J connectivity index is 1.88. The molecule has 2 aromatic carbocycles. The van der Waals surface area contributed by atoms with E-state index in [0.717, 1.165) is 23.3 Å². The molecule has 0 aromatic heterocycles. The molecule has 26 heavy (non-hydrogen) atoms. The maximum Gasteiger partial charge on any atom is 0.242 e. The number of hydrogen-bond acceptors (Lipinski definition) is 3. The Morgan fingerprint density at radius 3 is 2.27 bits per heavy atom. The van der Waals surface area contributed by atoms with E-state index in [-0.39, 0.29) is 11.8 Å². The van der Waals surface area contributed by atoms with Crippen LogP contribution in [0.2, 0.25) is 0 Å². The van der Waals surface area contributed by atoms with Crippen LogP contribution >= 0.6 is 0 Å². The first-order valence-electron chi connectivity index (χ1n) is 8.73. The van der Waals surface area contributed by atoms with Gasteiger partial charge in [-0.2, -0.15) is 0 Å². The maximum atomic E-state index is 12.4. The molecule has 0 spiro atoms. The lowest BCUT2D eigenvalue weighted by atomic mass is 10.1. The number of hydrogen-bond donors (Lipinski definition) is 1. The van der Waals surface area contributed by atoms with Crippen molar-refractivity contribution in [3.8, 4) is 5.75 Å². The number of amides is 2. The number of methoxy groups -OCH3 is 1. The second-order valence-electron chi connectivity index (χ2n) is 6.20. The zero-order chi connectivity index (χ0) is 18.9. The van der Waals surface area contributed by atoms with Gasteiger partial charge >= 0.3 is 0 Å². The quantitative estimate of drug-likeness (QED) is 0.793. The molecule has 0 heterocycles. The summed E-state index contributed by atoms with van der Waals surface area (Å²) in [6.07, 6.45) is 0.723. The molecule has 138 valence electrons. The van der Waals surface area contributed by atoms with Gasteiger partial charge in [-0.3, -0.25) is 9.59 Å². The van der Waals surface area contributed by atoms with Crippen molar-refractivity contribution >= 4 is 11.8 Å². The van der Waals surface area contributed by atoms with Gasteiger partial charge in [0.15, 0.2) is 0 Å². The van der Waals surface area contributed by atoms with Crippen molar-refractivity contribution in [2.24, 2.45) is 0 Å². The van der Waals surface area contributed by atoms with Gasteiger partial charge in [0.25, 0.3) is 0 Å². The minimum atomic E-state index is -0.524. The highest BCUT2D eigenvalue weighted by molar-refractivity contribution is 5.86. The molecular formula is C21H26N2O3. The molecule has 0 saturated carbocycles. The average Bonchev–Trinajstić information content (AvgIpc) is 2.66. The van der Waals surface area contributed by atoms with Crippen LogP contribution in [-0.2, 0) is 22.6 Å². The van der Waals surface area contributed by atoms with Crippen LogP contribution < -0.4 is 10.1 Å². The van der Waals surface area contributed by atoms with E-state index >= 15 is 0 Å². The number of rotatable bonds is 8. The van der Waals surface area contributed by atoms with Crippen LogP contribution in [0.3, 0.4) is 0 Å². The summed E-state index contributed by atoms with van der Waals surface area (Å²) in [6, 6.07) is 16.9. The fourth-order valence-electron chi connectivity index (χ4n) is 2.71. The highest BCUT2D eigenvalue weighted by Gasteiger charge is 2.23. The summed E-state index contributed by atoms with van der Waals surface area (Å²) in [5, 5.41) is 2.92. The van der Waals surface area contributed by atoms with Crippen LogP contribution in [0.4, 0.5) is 0 Å². The van der Waals surface area contributed by atoms with Crippen LogP contribution in [0, 0.1) is 0 Å². The summed E-state index contributed by atoms with van der Waals surface area (Å²) >= 11 is 0. The molecule has 0 radical (unpaired) electrons. The number of ether oxygens (including phenoxy) is 1. The Morgan fingerprint density at radius 1 is 1.04 bits per heavy atom. The van der Waals surface area contributed by atoms with Gasteiger partial charge in [-0.25, -0.2) is 0 Å². The van der Waals surface area contributed by atoms with Crippen LogP contribution in [0.5, 0.6) is 5.75 Å². The first kappa shape index (κ1) is 19.5. The summed E-state index contributed by atoms with van der Waals surface area (Å²) in [7, 11) is 1.63. The Hall–Kier alpha value is -2.82. The first-order valence-corrected chi connectivity index (χ1v) is 8.73. The molecule has 0 bridgehead atoms. The third kappa shape index (κ3) is 5.62. The van der Waals surface area contributed by atoms with E-state index in [1.54, 1.807) is 18.9 Å². The summed E-state index contributed by atoms with van der Waals surface area (Å²) in [5.41, 5.74) is 2.12. The van der Waals surface area contributed by atoms with Crippen molar-refractivity contribution in [1.82, 2.24) is 10.2 Å². The second-order valence-corrected chi connectivity index (χ2v) is 6.20. The van der Waals surface area contributed by atoms with E-state index < -0.39 is 6.04 Å². The average molecular weight is 354 g/mol. The van der Waals surface area contributed by atoms with E-state index in [0.29, 0.717) is 13.1 Å². The van der Waals surface area contributed by atoms with E-state index in [1.807, 2.05) is 54.6 Å². The number of benzene rings is 2. The molecule has 0 fully saturated rings. The monoisotopic (exact) mass is 354 g/mol. The van der Waals surface area contributed by atoms with Gasteiger partial charge in [-0.1, -0.05) is 42.5 Å². The highest BCUT2D eigenvalue weighted by Crippen LogP contribution is 2.12. The Labute approximate surface area is 155 Å². The topological polar surface area (TPSA) is 58.6 Å². The molecule has 5 heteroatoms. The summed E-state index contributed by atoms with van der Waals surface area (Å²) < 4.78 is 5.13. The van der Waals surface area contributed by atoms with E-state index in [1.165, 1.54) is 6.92 Å². The van der Waals surface area contributed by atoms with Crippen molar-refractivity contribution in [2.45, 2.75) is 32.9 Å². The normalized spacial score (nSPS) is 11.5. The van der Waals surface area contributed by atoms with Crippen LogP contribution in [-0.4, -0.2) is 36.4 Å². The van der Waals surface area contributed by atoms with E-state index in [4.69, 9.17) is 4.74 Å². The van der Waals surface area contributed by atoms with Gasteiger partial charge < -0.3 is 15.0 Å². The van der Waals surface area contributed by atoms with E-state index in [9.17, 15) is 9.59 Å². The zero-order valence-corrected chi connectivity index (χ0v) is 15.6. The zero-order valence-electron chi connectivity index (χ0n) is 15.6. The molecule has 0 aliphatic carbocycles. The summed E-state index contributed by atoms with van der Waals surface area (Å²) in [4.78, 5) is 26.0. The second kappa shape index (κ2) is 9.61. The van der Waals surface area contributed by atoms with Gasteiger partial charge in [0.1, 0.15) is 11.8 Å². The minimum Gasteiger partial charge on any atom is -0.497 e. The molecule has 0 aliphatic heterocycles. The molecule has 0 unspecified atom stereocenters. The van der Waals surface area contributed by atoms with Gasteiger partial charge in [-0.15, -0.1) is 0 Å². The fraction of sp³-hybridized carbons (Fsp3) is 0.333. The maximum absolute atomic E-state index is 12.4. The van der Waals surface area contributed by atoms with Crippen LogP contribution in [0.15, 0.2) is 54.6 Å². The molecule has 0 saturated heterocycles. The fourth-order valence-corrected chi connectivity index (χ4v) is 2.71. The lowest BCUT2D eigenvalue weighted by molar-refractivity contribution is -0.138. The Morgan fingerprint density at radius 2 is 1.69 bits per heavy atom. The van der Waals surface area contributed by atoms with Crippen molar-refractivity contribution in [3.63, 3.8) is 0 Å². The molecule has 2 amide bonds. The minimum absolute atomic E-state index is 0.119. The third-order valence-corrected chi connectivity index (χ3v) is 4.32. The molecule has 1 atom stereocenters. The Kier molecular flexibility index (Phi) is 7.21. The van der Waals surface area contributed by atoms with Crippen molar-refractivity contribution in [1.29, 1.82) is 0 Å². The summed E-state index contributed by atoms with van der Waals surface area (Å²) in [5.74, 6) is 0.542. The van der Waals surface area contributed by atoms with E-state index in [2.05, 4.69) is 5.32 Å². The molecule has 2 aromatic rings. The molecule has 0 aliphatic rings. The number of nitrogens with one attached hydrogen (secondary N) is 1. The molecule has 1 N–H and O–H groups in total. The number of carbonyl (C=O) groups excluding carboxylic acids is 2. The van der Waals surface area contributed by atoms with Crippen molar-refractivity contribution in [3.05, 3.63) is 65.7 Å². The van der Waals surface area contributed by atoms with Gasteiger partial charge in [0.05, 0.1) is 7.11 Å². The Bertz CT molecular complexity index is 714. The number of carbonyl (C=O) groups is 2. The predicted octanol–water partition coefficient (Wildman–Crippen LogP) is 2.79. The first-order chi connectivity index (χ1) is 12.5. The standard InChI is InChI=1S/C21H26N2O3/c1-16(23(17(2)24)15-19-7-5-4-6-8-19)21(25)22-14-13-18-9-11-20(26-3)12-10-18/h4-12,16H,13-15H2,1-3H3,(H,22,25)/t16-/m1/s1. The highest BCUT2D eigenvalue weighted by atomic mass is 16.5. The smallest absolute Gasteiger partial charge is 0.242 e. The molecule has 2 rings (SSSR count). The van der Waals surface area contributed by atoms with Crippen LogP contribution in [0.1, 0.15) is 25.0 Å². The van der Waals surface area contributed by atoms with Crippen molar-refractivity contribution < 1.29 is 14.3 Å². The predicted molar refractivity (Wildman–Crippen MR) is 102 cm³/mol. The van der Waals surface area contributed by atoms with Gasteiger partial charge in [-0.05, 0) is 36.6 Å².